The minimum atomic E-state index is -0.155. The Morgan fingerprint density at radius 2 is 1.68 bits per heavy atom. The third-order valence-electron chi connectivity index (χ3n) is 8.37. The van der Waals surface area contributed by atoms with Gasteiger partial charge >= 0.3 is 0 Å². The second kappa shape index (κ2) is 9.89. The Kier molecular flexibility index (Phi) is 6.29. The lowest BCUT2D eigenvalue weighted by molar-refractivity contribution is -0.117. The summed E-state index contributed by atoms with van der Waals surface area (Å²) in [5, 5.41) is 7.09. The van der Waals surface area contributed by atoms with Crippen molar-refractivity contribution in [3.8, 4) is 0 Å². The summed E-state index contributed by atoms with van der Waals surface area (Å²) < 4.78 is 2.07. The van der Waals surface area contributed by atoms with Gasteiger partial charge < -0.3 is 15.2 Å². The van der Waals surface area contributed by atoms with Crippen LogP contribution in [0.5, 0.6) is 0 Å². The molecule has 4 aromatic rings. The molecule has 37 heavy (non-hydrogen) atoms. The first-order chi connectivity index (χ1) is 18.0. The molecule has 6 rings (SSSR count). The number of para-hydroxylation sites is 1. The molecule has 0 aliphatic heterocycles. The Morgan fingerprint density at radius 3 is 2.43 bits per heavy atom. The van der Waals surface area contributed by atoms with Crippen LogP contribution in [0.25, 0.3) is 10.9 Å². The number of nitrogens with one attached hydrogen (secondary N) is 2. The molecule has 5 heteroatoms. The van der Waals surface area contributed by atoms with E-state index in [4.69, 9.17) is 0 Å². The van der Waals surface area contributed by atoms with Gasteiger partial charge in [0, 0.05) is 35.2 Å². The van der Waals surface area contributed by atoms with Gasteiger partial charge in [0.25, 0.3) is 5.91 Å². The SMILES string of the molecule is Cc1ccccc1Cn1c(C(=O)Nc2ccccc2)cc2cc(NC(=O)CC3CC4CCC3C4)ccc21. The topological polar surface area (TPSA) is 63.1 Å². The molecule has 0 spiro atoms. The minimum absolute atomic E-state index is 0.0956. The second-order valence-corrected chi connectivity index (χ2v) is 10.8. The van der Waals surface area contributed by atoms with Gasteiger partial charge in [-0.3, -0.25) is 9.59 Å². The first-order valence-corrected chi connectivity index (χ1v) is 13.4. The predicted molar refractivity (Wildman–Crippen MR) is 149 cm³/mol. The molecule has 2 aliphatic rings. The molecule has 2 saturated carbocycles. The number of hydrogen-bond donors (Lipinski definition) is 2. The van der Waals surface area contributed by atoms with E-state index in [0.29, 0.717) is 24.6 Å². The van der Waals surface area contributed by atoms with Crippen LogP contribution in [-0.2, 0) is 11.3 Å². The lowest BCUT2D eigenvalue weighted by Gasteiger charge is -2.20. The number of hydrogen-bond acceptors (Lipinski definition) is 2. The van der Waals surface area contributed by atoms with Crippen LogP contribution >= 0.6 is 0 Å². The van der Waals surface area contributed by atoms with E-state index in [-0.39, 0.29) is 11.8 Å². The molecule has 2 amide bonds. The summed E-state index contributed by atoms with van der Waals surface area (Å²) >= 11 is 0. The van der Waals surface area contributed by atoms with Crippen LogP contribution in [0.3, 0.4) is 0 Å². The lowest BCUT2D eigenvalue weighted by atomic mass is 9.86. The van der Waals surface area contributed by atoms with Crippen molar-refractivity contribution in [2.45, 2.75) is 45.6 Å². The van der Waals surface area contributed by atoms with Crippen molar-refractivity contribution in [3.63, 3.8) is 0 Å². The first kappa shape index (κ1) is 23.5. The standard InChI is InChI=1S/C32H33N3O2/c1-21-7-5-6-8-24(21)20-35-29-14-13-28(33-31(36)19-25-16-22-11-12-23(25)15-22)17-26(29)18-30(35)32(37)34-27-9-3-2-4-10-27/h2-10,13-14,17-18,22-23,25H,11-12,15-16,19-20H2,1H3,(H,33,36)(H,34,37). The van der Waals surface area contributed by atoms with Gasteiger partial charge in [-0.2, -0.15) is 0 Å². The monoisotopic (exact) mass is 491 g/mol. The number of aromatic nitrogens is 1. The van der Waals surface area contributed by atoms with Crippen molar-refractivity contribution in [2.24, 2.45) is 17.8 Å². The molecule has 0 radical (unpaired) electrons. The highest BCUT2D eigenvalue weighted by atomic mass is 16.2. The highest BCUT2D eigenvalue weighted by molar-refractivity contribution is 6.07. The third kappa shape index (κ3) is 4.91. The maximum atomic E-state index is 13.4. The summed E-state index contributed by atoms with van der Waals surface area (Å²) in [6, 6.07) is 25.6. The van der Waals surface area contributed by atoms with Gasteiger partial charge in [0.15, 0.2) is 0 Å². The molecule has 188 valence electrons. The Bertz CT molecular complexity index is 1460. The number of benzene rings is 3. The average molecular weight is 492 g/mol. The van der Waals surface area contributed by atoms with Gasteiger partial charge in [0.05, 0.1) is 0 Å². The number of carbonyl (C=O) groups is 2. The van der Waals surface area contributed by atoms with Crippen LogP contribution in [0.15, 0.2) is 78.9 Å². The van der Waals surface area contributed by atoms with Gasteiger partial charge in [0.2, 0.25) is 5.91 Å². The van der Waals surface area contributed by atoms with Crippen molar-refractivity contribution in [2.75, 3.05) is 10.6 Å². The maximum Gasteiger partial charge on any atom is 0.272 e. The van der Waals surface area contributed by atoms with Gasteiger partial charge in [0.1, 0.15) is 5.69 Å². The van der Waals surface area contributed by atoms with Crippen LogP contribution in [0.1, 0.15) is 53.7 Å². The van der Waals surface area contributed by atoms with E-state index in [1.54, 1.807) is 0 Å². The molecular weight excluding hydrogens is 458 g/mol. The smallest absolute Gasteiger partial charge is 0.272 e. The highest BCUT2D eigenvalue weighted by Crippen LogP contribution is 2.49. The number of carbonyl (C=O) groups excluding carboxylic acids is 2. The summed E-state index contributed by atoms with van der Waals surface area (Å²) in [6.45, 7) is 2.68. The van der Waals surface area contributed by atoms with Gasteiger partial charge in [-0.25, -0.2) is 0 Å². The van der Waals surface area contributed by atoms with Crippen LogP contribution in [0, 0.1) is 24.7 Å². The van der Waals surface area contributed by atoms with Crippen LogP contribution in [-0.4, -0.2) is 16.4 Å². The zero-order chi connectivity index (χ0) is 25.4. The molecule has 2 fully saturated rings. The summed E-state index contributed by atoms with van der Waals surface area (Å²) in [4.78, 5) is 26.3. The Hall–Kier alpha value is -3.86. The Balaban J connectivity index is 1.28. The fraction of sp³-hybridized carbons (Fsp3) is 0.312. The molecular formula is C32H33N3O2. The maximum absolute atomic E-state index is 13.4. The van der Waals surface area contributed by atoms with E-state index in [0.717, 1.165) is 39.7 Å². The largest absolute Gasteiger partial charge is 0.332 e. The number of rotatable bonds is 7. The van der Waals surface area contributed by atoms with E-state index in [1.807, 2.05) is 66.7 Å². The van der Waals surface area contributed by atoms with Gasteiger partial charge in [-0.05, 0) is 91.5 Å². The van der Waals surface area contributed by atoms with Crippen molar-refractivity contribution in [3.05, 3.63) is 95.7 Å². The third-order valence-corrected chi connectivity index (χ3v) is 8.37. The van der Waals surface area contributed by atoms with E-state index in [2.05, 4.69) is 34.3 Å². The van der Waals surface area contributed by atoms with Crippen molar-refractivity contribution in [1.82, 2.24) is 4.57 Å². The highest BCUT2D eigenvalue weighted by Gasteiger charge is 2.40. The quantitative estimate of drug-likeness (QED) is 0.292. The molecule has 1 heterocycles. The van der Waals surface area contributed by atoms with Crippen molar-refractivity contribution in [1.29, 1.82) is 0 Å². The molecule has 1 aromatic heterocycles. The molecule has 5 nitrogen and oxygen atoms in total. The van der Waals surface area contributed by atoms with Crippen LogP contribution in [0.4, 0.5) is 11.4 Å². The normalized spacial score (nSPS) is 20.3. The predicted octanol–water partition coefficient (Wildman–Crippen LogP) is 7.02. The second-order valence-electron chi connectivity index (χ2n) is 10.8. The molecule has 0 saturated heterocycles. The van der Waals surface area contributed by atoms with Crippen LogP contribution in [0.2, 0.25) is 0 Å². The van der Waals surface area contributed by atoms with Crippen molar-refractivity contribution < 1.29 is 9.59 Å². The number of anilines is 2. The fourth-order valence-corrected chi connectivity index (χ4v) is 6.46. The number of nitrogens with zero attached hydrogens (tertiary/aromatic N) is 1. The Morgan fingerprint density at radius 1 is 0.865 bits per heavy atom. The number of fused-ring (bicyclic) bond motifs is 3. The minimum Gasteiger partial charge on any atom is -0.332 e. The number of amides is 2. The summed E-state index contributed by atoms with van der Waals surface area (Å²) in [5.41, 5.74) is 5.44. The van der Waals surface area contributed by atoms with Crippen LogP contribution < -0.4 is 10.6 Å². The van der Waals surface area contributed by atoms with Crippen molar-refractivity contribution >= 4 is 34.1 Å². The van der Waals surface area contributed by atoms with E-state index < -0.39 is 0 Å². The van der Waals surface area contributed by atoms with E-state index >= 15 is 0 Å². The van der Waals surface area contributed by atoms with Gasteiger partial charge in [-0.1, -0.05) is 48.9 Å². The fourth-order valence-electron chi connectivity index (χ4n) is 6.46. The molecule has 3 atom stereocenters. The average Bonchev–Trinajstić information content (AvgIpc) is 3.60. The van der Waals surface area contributed by atoms with Gasteiger partial charge in [-0.15, -0.1) is 0 Å². The summed E-state index contributed by atoms with van der Waals surface area (Å²) in [5.74, 6) is 2.05. The first-order valence-electron chi connectivity index (χ1n) is 13.4. The molecule has 2 aliphatic carbocycles. The summed E-state index contributed by atoms with van der Waals surface area (Å²) in [7, 11) is 0. The zero-order valence-electron chi connectivity index (χ0n) is 21.2. The zero-order valence-corrected chi connectivity index (χ0v) is 21.2. The lowest BCUT2D eigenvalue weighted by Crippen LogP contribution is -2.20. The molecule has 2 bridgehead atoms. The summed E-state index contributed by atoms with van der Waals surface area (Å²) in [6.07, 6.45) is 5.76. The molecule has 3 aromatic carbocycles. The number of aryl methyl sites for hydroxylation is 1. The molecule has 2 N–H and O–H groups in total. The van der Waals surface area contributed by atoms with E-state index in [1.165, 1.54) is 31.2 Å². The van der Waals surface area contributed by atoms with E-state index in [9.17, 15) is 9.59 Å². The Labute approximate surface area is 217 Å². The molecule has 3 unspecified atom stereocenters.